The molecule has 3 heteroatoms. The molecule has 0 atom stereocenters. The molecule has 3 rings (SSSR count). The number of fused-ring (bicyclic) bond motifs is 1. The second-order valence-electron chi connectivity index (χ2n) is 3.89. The van der Waals surface area contributed by atoms with Gasteiger partial charge < -0.3 is 4.98 Å². The molecule has 0 saturated carbocycles. The van der Waals surface area contributed by atoms with Crippen LogP contribution in [0.1, 0.15) is 0 Å². The predicted octanol–water partition coefficient (Wildman–Crippen LogP) is 4.11. The Morgan fingerprint density at radius 3 is 2.53 bits per heavy atom. The number of rotatable bonds is 1. The molecule has 0 fully saturated rings. The number of benzene rings is 2. The van der Waals surface area contributed by atoms with Crippen molar-refractivity contribution in [1.82, 2.24) is 4.98 Å². The van der Waals surface area contributed by atoms with Gasteiger partial charge in [0.1, 0.15) is 11.6 Å². The van der Waals surface area contributed by atoms with Crippen LogP contribution in [0.4, 0.5) is 8.78 Å². The lowest BCUT2D eigenvalue weighted by Gasteiger charge is -1.98. The maximum absolute atomic E-state index is 13.6. The molecule has 0 bridgehead atoms. The van der Waals surface area contributed by atoms with Crippen molar-refractivity contribution in [3.8, 4) is 11.3 Å². The Kier molecular flexibility index (Phi) is 2.18. The molecular formula is C14H9F2N. The van der Waals surface area contributed by atoms with Crippen molar-refractivity contribution in [3.05, 3.63) is 60.2 Å². The van der Waals surface area contributed by atoms with Gasteiger partial charge in [-0.15, -0.1) is 0 Å². The Morgan fingerprint density at radius 1 is 0.882 bits per heavy atom. The predicted molar refractivity (Wildman–Crippen MR) is 63.7 cm³/mol. The lowest BCUT2D eigenvalue weighted by atomic mass is 10.1. The van der Waals surface area contributed by atoms with Crippen molar-refractivity contribution in [3.63, 3.8) is 0 Å². The fourth-order valence-electron chi connectivity index (χ4n) is 1.92. The lowest BCUT2D eigenvalue weighted by molar-refractivity contribution is 0.629. The van der Waals surface area contributed by atoms with E-state index < -0.39 is 0 Å². The van der Waals surface area contributed by atoms with Gasteiger partial charge >= 0.3 is 0 Å². The average molecular weight is 229 g/mol. The summed E-state index contributed by atoms with van der Waals surface area (Å²) < 4.78 is 26.6. The van der Waals surface area contributed by atoms with E-state index in [4.69, 9.17) is 0 Å². The van der Waals surface area contributed by atoms with E-state index in [9.17, 15) is 8.78 Å². The fourth-order valence-corrected chi connectivity index (χ4v) is 1.92. The van der Waals surface area contributed by atoms with Crippen LogP contribution in [-0.2, 0) is 0 Å². The molecule has 17 heavy (non-hydrogen) atoms. The van der Waals surface area contributed by atoms with Crippen LogP contribution < -0.4 is 0 Å². The van der Waals surface area contributed by atoms with Crippen LogP contribution in [0.25, 0.3) is 22.2 Å². The number of aromatic nitrogens is 1. The van der Waals surface area contributed by atoms with E-state index in [1.54, 1.807) is 24.3 Å². The molecule has 1 nitrogen and oxygen atoms in total. The van der Waals surface area contributed by atoms with Crippen LogP contribution in [0.3, 0.4) is 0 Å². The van der Waals surface area contributed by atoms with Crippen molar-refractivity contribution < 1.29 is 8.78 Å². The minimum Gasteiger partial charge on any atom is -0.354 e. The van der Waals surface area contributed by atoms with Crippen LogP contribution in [0.15, 0.2) is 48.5 Å². The van der Waals surface area contributed by atoms with Gasteiger partial charge in [-0.05, 0) is 36.4 Å². The first kappa shape index (κ1) is 10.0. The summed E-state index contributed by atoms with van der Waals surface area (Å²) >= 11 is 0. The minimum absolute atomic E-state index is 0.292. The van der Waals surface area contributed by atoms with Gasteiger partial charge in [0.2, 0.25) is 0 Å². The van der Waals surface area contributed by atoms with Crippen molar-refractivity contribution >= 4 is 10.9 Å². The summed E-state index contributed by atoms with van der Waals surface area (Å²) in [6.45, 7) is 0. The zero-order chi connectivity index (χ0) is 11.8. The third-order valence-electron chi connectivity index (χ3n) is 2.75. The van der Waals surface area contributed by atoms with Crippen LogP contribution in [0, 0.1) is 11.6 Å². The van der Waals surface area contributed by atoms with Crippen LogP contribution in [-0.4, -0.2) is 4.98 Å². The van der Waals surface area contributed by atoms with Gasteiger partial charge in [-0.1, -0.05) is 12.1 Å². The minimum atomic E-state index is -0.306. The molecule has 1 heterocycles. The average Bonchev–Trinajstić information content (AvgIpc) is 2.72. The summed E-state index contributed by atoms with van der Waals surface area (Å²) in [7, 11) is 0. The molecule has 2 aromatic carbocycles. The monoisotopic (exact) mass is 229 g/mol. The van der Waals surface area contributed by atoms with E-state index in [1.165, 1.54) is 18.2 Å². The number of nitrogens with one attached hydrogen (secondary N) is 1. The Morgan fingerprint density at radius 2 is 1.71 bits per heavy atom. The van der Waals surface area contributed by atoms with Crippen LogP contribution >= 0.6 is 0 Å². The Labute approximate surface area is 96.7 Å². The summed E-state index contributed by atoms with van der Waals surface area (Å²) in [6, 6.07) is 12.8. The first-order chi connectivity index (χ1) is 8.24. The van der Waals surface area contributed by atoms with Crippen molar-refractivity contribution in [2.45, 2.75) is 0 Å². The Bertz CT molecular complexity index is 686. The zero-order valence-corrected chi connectivity index (χ0v) is 8.87. The normalized spacial score (nSPS) is 10.9. The molecule has 0 saturated heterocycles. The SMILES string of the molecule is Fc1ccc2cc(-c3ccccc3F)[nH]c2c1. The number of hydrogen-bond donors (Lipinski definition) is 1. The first-order valence-corrected chi connectivity index (χ1v) is 5.27. The van der Waals surface area contributed by atoms with E-state index in [-0.39, 0.29) is 11.6 Å². The van der Waals surface area contributed by atoms with Crippen molar-refractivity contribution in [2.24, 2.45) is 0 Å². The number of hydrogen-bond acceptors (Lipinski definition) is 0. The molecular weight excluding hydrogens is 220 g/mol. The maximum atomic E-state index is 13.6. The second kappa shape index (κ2) is 3.70. The maximum Gasteiger partial charge on any atom is 0.132 e. The molecule has 0 aliphatic carbocycles. The van der Waals surface area contributed by atoms with Gasteiger partial charge in [0.15, 0.2) is 0 Å². The third kappa shape index (κ3) is 1.69. The fraction of sp³-hybridized carbons (Fsp3) is 0. The van der Waals surface area contributed by atoms with E-state index in [0.29, 0.717) is 16.8 Å². The van der Waals surface area contributed by atoms with Gasteiger partial charge in [-0.3, -0.25) is 0 Å². The standard InChI is InChI=1S/C14H9F2N/c15-10-6-5-9-7-14(17-13(9)8-10)11-3-1-2-4-12(11)16/h1-8,17H. The summed E-state index contributed by atoms with van der Waals surface area (Å²) in [5, 5.41) is 0.865. The topological polar surface area (TPSA) is 15.8 Å². The lowest BCUT2D eigenvalue weighted by Crippen LogP contribution is -1.82. The molecule has 1 N–H and O–H groups in total. The van der Waals surface area contributed by atoms with Crippen LogP contribution in [0.2, 0.25) is 0 Å². The molecule has 0 radical (unpaired) electrons. The smallest absolute Gasteiger partial charge is 0.132 e. The highest BCUT2D eigenvalue weighted by Gasteiger charge is 2.07. The van der Waals surface area contributed by atoms with Crippen LogP contribution in [0.5, 0.6) is 0 Å². The molecule has 1 aromatic heterocycles. The number of halogens is 2. The van der Waals surface area contributed by atoms with E-state index in [0.717, 1.165) is 5.39 Å². The van der Waals surface area contributed by atoms with Gasteiger partial charge in [-0.25, -0.2) is 8.78 Å². The van der Waals surface area contributed by atoms with Gasteiger partial charge in [-0.2, -0.15) is 0 Å². The highest BCUT2D eigenvalue weighted by Crippen LogP contribution is 2.26. The summed E-state index contributed by atoms with van der Waals surface area (Å²) in [6.07, 6.45) is 0. The van der Waals surface area contributed by atoms with Gasteiger partial charge in [0.05, 0.1) is 0 Å². The highest BCUT2D eigenvalue weighted by atomic mass is 19.1. The third-order valence-corrected chi connectivity index (χ3v) is 2.75. The second-order valence-corrected chi connectivity index (χ2v) is 3.89. The quantitative estimate of drug-likeness (QED) is 0.646. The first-order valence-electron chi connectivity index (χ1n) is 5.27. The molecule has 0 aliphatic heterocycles. The molecule has 0 amide bonds. The number of aromatic amines is 1. The van der Waals surface area contributed by atoms with Crippen molar-refractivity contribution in [2.75, 3.05) is 0 Å². The molecule has 3 aromatic rings. The largest absolute Gasteiger partial charge is 0.354 e. The molecule has 0 unspecified atom stereocenters. The Balaban J connectivity index is 2.22. The van der Waals surface area contributed by atoms with E-state index in [1.807, 2.05) is 6.07 Å². The van der Waals surface area contributed by atoms with E-state index in [2.05, 4.69) is 4.98 Å². The van der Waals surface area contributed by atoms with E-state index >= 15 is 0 Å². The molecule has 0 spiro atoms. The van der Waals surface area contributed by atoms with Crippen molar-refractivity contribution in [1.29, 1.82) is 0 Å². The number of H-pyrrole nitrogens is 1. The highest BCUT2D eigenvalue weighted by molar-refractivity contribution is 5.85. The summed E-state index contributed by atoms with van der Waals surface area (Å²) in [4.78, 5) is 3.01. The molecule has 0 aliphatic rings. The van der Waals surface area contributed by atoms with Gasteiger partial charge in [0.25, 0.3) is 0 Å². The summed E-state index contributed by atoms with van der Waals surface area (Å²) in [5.41, 5.74) is 1.82. The molecule has 84 valence electrons. The van der Waals surface area contributed by atoms with Gasteiger partial charge in [0, 0.05) is 22.2 Å². The summed E-state index contributed by atoms with van der Waals surface area (Å²) in [5.74, 6) is -0.598. The zero-order valence-electron chi connectivity index (χ0n) is 8.87. The Hall–Kier alpha value is -2.16.